The van der Waals surface area contributed by atoms with Crippen LogP contribution in [0.3, 0.4) is 0 Å². The van der Waals surface area contributed by atoms with Crippen molar-refractivity contribution >= 4 is 12.6 Å². The molecule has 0 amide bonds. The van der Waals surface area contributed by atoms with E-state index in [0.29, 0.717) is 10.7 Å². The quantitative estimate of drug-likeness (QED) is 0.406. The van der Waals surface area contributed by atoms with Gasteiger partial charge in [-0.1, -0.05) is 33.1 Å². The molecule has 1 aliphatic rings. The van der Waals surface area contributed by atoms with E-state index in [1.165, 1.54) is 32.1 Å². The summed E-state index contributed by atoms with van der Waals surface area (Å²) in [5.74, 6) is 0. The molecule has 0 aromatic rings. The summed E-state index contributed by atoms with van der Waals surface area (Å²) in [7, 11) is 0. The van der Waals surface area contributed by atoms with Gasteiger partial charge in [0.1, 0.15) is 0 Å². The first-order valence-electron chi connectivity index (χ1n) is 4.31. The van der Waals surface area contributed by atoms with Gasteiger partial charge >= 0.3 is 0 Å². The second-order valence-corrected chi connectivity index (χ2v) is 4.73. The number of rotatable bonds is 0. The molecule has 0 aromatic carbocycles. The van der Waals surface area contributed by atoms with Crippen molar-refractivity contribution in [2.24, 2.45) is 5.41 Å². The predicted octanol–water partition coefficient (Wildman–Crippen LogP) is 3.28. The monoisotopic (exact) mass is 158 g/mol. The van der Waals surface area contributed by atoms with Crippen LogP contribution in [0.1, 0.15) is 46.0 Å². The summed E-state index contributed by atoms with van der Waals surface area (Å²) in [5, 5.41) is 0.634. The first-order chi connectivity index (χ1) is 4.63. The molecule has 0 aromatic heterocycles. The average molecular weight is 158 g/mol. The minimum Gasteiger partial charge on any atom is -0.175 e. The van der Waals surface area contributed by atoms with Crippen LogP contribution in [-0.4, -0.2) is 5.25 Å². The van der Waals surface area contributed by atoms with Crippen LogP contribution in [0, 0.1) is 5.41 Å². The average Bonchev–Trinajstić information content (AvgIpc) is 1.96. The lowest BCUT2D eigenvalue weighted by atomic mass is 9.84. The van der Waals surface area contributed by atoms with Gasteiger partial charge in [-0.15, -0.1) is 0 Å². The SMILES string of the molecule is CC1(C)CCCCCC1S. The van der Waals surface area contributed by atoms with Gasteiger partial charge < -0.3 is 0 Å². The van der Waals surface area contributed by atoms with E-state index < -0.39 is 0 Å². The lowest BCUT2D eigenvalue weighted by Gasteiger charge is -2.28. The Hall–Kier alpha value is 0.350. The number of thiol groups is 1. The van der Waals surface area contributed by atoms with Crippen molar-refractivity contribution in [2.45, 2.75) is 51.2 Å². The molecule has 1 saturated carbocycles. The zero-order valence-corrected chi connectivity index (χ0v) is 7.95. The van der Waals surface area contributed by atoms with E-state index in [9.17, 15) is 0 Å². The third kappa shape index (κ3) is 1.91. The highest BCUT2D eigenvalue weighted by molar-refractivity contribution is 7.81. The number of hydrogen-bond donors (Lipinski definition) is 1. The molecule has 1 unspecified atom stereocenters. The van der Waals surface area contributed by atoms with Gasteiger partial charge in [0.05, 0.1) is 0 Å². The van der Waals surface area contributed by atoms with Crippen LogP contribution in [0.15, 0.2) is 0 Å². The van der Waals surface area contributed by atoms with Crippen molar-refractivity contribution in [1.82, 2.24) is 0 Å². The van der Waals surface area contributed by atoms with Crippen LogP contribution in [-0.2, 0) is 0 Å². The van der Waals surface area contributed by atoms with Crippen molar-refractivity contribution in [3.63, 3.8) is 0 Å². The maximum atomic E-state index is 4.61. The number of hydrogen-bond acceptors (Lipinski definition) is 1. The van der Waals surface area contributed by atoms with Crippen LogP contribution in [0.5, 0.6) is 0 Å². The van der Waals surface area contributed by atoms with E-state index in [0.717, 1.165) is 0 Å². The van der Waals surface area contributed by atoms with E-state index in [-0.39, 0.29) is 0 Å². The van der Waals surface area contributed by atoms with Crippen molar-refractivity contribution < 1.29 is 0 Å². The molecule has 1 fully saturated rings. The van der Waals surface area contributed by atoms with Gasteiger partial charge in [-0.2, -0.15) is 12.6 Å². The van der Waals surface area contributed by atoms with E-state index >= 15 is 0 Å². The molecule has 1 rings (SSSR count). The zero-order chi connectivity index (χ0) is 7.61. The van der Waals surface area contributed by atoms with Crippen LogP contribution in [0.2, 0.25) is 0 Å². The standard InChI is InChI=1S/C9H18S/c1-9(2)7-5-3-4-6-8(9)10/h8,10H,3-7H2,1-2H3. The Balaban J connectivity index is 2.52. The van der Waals surface area contributed by atoms with Crippen molar-refractivity contribution in [1.29, 1.82) is 0 Å². The van der Waals surface area contributed by atoms with Gasteiger partial charge in [0.2, 0.25) is 0 Å². The maximum Gasteiger partial charge on any atom is 0.00680 e. The molecule has 0 heterocycles. The fraction of sp³-hybridized carbons (Fsp3) is 1.00. The molecule has 1 atom stereocenters. The molecule has 0 saturated heterocycles. The second kappa shape index (κ2) is 3.17. The Labute approximate surface area is 69.8 Å². The summed E-state index contributed by atoms with van der Waals surface area (Å²) in [5.41, 5.74) is 0.486. The largest absolute Gasteiger partial charge is 0.175 e. The predicted molar refractivity (Wildman–Crippen MR) is 49.6 cm³/mol. The Kier molecular flexibility index (Phi) is 2.67. The molecule has 60 valence electrons. The van der Waals surface area contributed by atoms with Gasteiger partial charge in [-0.3, -0.25) is 0 Å². The molecule has 0 N–H and O–H groups in total. The van der Waals surface area contributed by atoms with Gasteiger partial charge in [-0.05, 0) is 18.3 Å². The fourth-order valence-electron chi connectivity index (χ4n) is 1.65. The third-order valence-corrected chi connectivity index (χ3v) is 3.66. The van der Waals surface area contributed by atoms with Gasteiger partial charge in [0, 0.05) is 5.25 Å². The normalized spacial score (nSPS) is 33.3. The smallest absolute Gasteiger partial charge is 0.00680 e. The van der Waals surface area contributed by atoms with Crippen LogP contribution in [0.25, 0.3) is 0 Å². The summed E-state index contributed by atoms with van der Waals surface area (Å²) in [6, 6.07) is 0. The lowest BCUT2D eigenvalue weighted by Crippen LogP contribution is -2.22. The molecule has 0 radical (unpaired) electrons. The highest BCUT2D eigenvalue weighted by atomic mass is 32.1. The maximum absolute atomic E-state index is 4.61. The summed E-state index contributed by atoms with van der Waals surface area (Å²) in [6.45, 7) is 4.69. The minimum atomic E-state index is 0.486. The highest BCUT2D eigenvalue weighted by Gasteiger charge is 2.27. The Bertz CT molecular complexity index is 107. The molecule has 0 nitrogen and oxygen atoms in total. The molecule has 0 aliphatic heterocycles. The first kappa shape index (κ1) is 8.45. The second-order valence-electron chi connectivity index (χ2n) is 4.10. The van der Waals surface area contributed by atoms with E-state index in [1.807, 2.05) is 0 Å². The first-order valence-corrected chi connectivity index (χ1v) is 4.83. The Morgan fingerprint density at radius 2 is 1.90 bits per heavy atom. The third-order valence-electron chi connectivity index (χ3n) is 2.70. The van der Waals surface area contributed by atoms with Gasteiger partial charge in [-0.25, -0.2) is 0 Å². The topological polar surface area (TPSA) is 0 Å². The highest BCUT2D eigenvalue weighted by Crippen LogP contribution is 2.37. The van der Waals surface area contributed by atoms with E-state index in [2.05, 4.69) is 26.5 Å². The van der Waals surface area contributed by atoms with Crippen LogP contribution >= 0.6 is 12.6 Å². The molecule has 0 bridgehead atoms. The minimum absolute atomic E-state index is 0.486. The molecule has 10 heavy (non-hydrogen) atoms. The summed E-state index contributed by atoms with van der Waals surface area (Å²) in [4.78, 5) is 0. The van der Waals surface area contributed by atoms with E-state index in [4.69, 9.17) is 0 Å². The van der Waals surface area contributed by atoms with Crippen LogP contribution < -0.4 is 0 Å². The summed E-state index contributed by atoms with van der Waals surface area (Å²) < 4.78 is 0. The molecular formula is C9H18S. The van der Waals surface area contributed by atoms with Crippen molar-refractivity contribution in [2.75, 3.05) is 0 Å². The van der Waals surface area contributed by atoms with Gasteiger partial charge in [0.25, 0.3) is 0 Å². The molecule has 1 aliphatic carbocycles. The van der Waals surface area contributed by atoms with Crippen molar-refractivity contribution in [3.05, 3.63) is 0 Å². The molecular weight excluding hydrogens is 140 g/mol. The summed E-state index contributed by atoms with van der Waals surface area (Å²) in [6.07, 6.45) is 6.89. The lowest BCUT2D eigenvalue weighted by molar-refractivity contribution is 0.328. The van der Waals surface area contributed by atoms with Crippen LogP contribution in [0.4, 0.5) is 0 Å². The Morgan fingerprint density at radius 1 is 1.20 bits per heavy atom. The Morgan fingerprint density at radius 3 is 2.60 bits per heavy atom. The summed E-state index contributed by atoms with van der Waals surface area (Å²) >= 11 is 4.61. The van der Waals surface area contributed by atoms with Gasteiger partial charge in [0.15, 0.2) is 0 Å². The van der Waals surface area contributed by atoms with Crippen molar-refractivity contribution in [3.8, 4) is 0 Å². The van der Waals surface area contributed by atoms with E-state index in [1.54, 1.807) is 0 Å². The molecule has 0 spiro atoms. The zero-order valence-electron chi connectivity index (χ0n) is 7.06. The fourth-order valence-corrected chi connectivity index (χ4v) is 1.96. The molecule has 1 heteroatoms.